The number of carbonyl (C=O) groups is 2. The number of hydrogen-bond acceptors (Lipinski definition) is 5. The lowest BCUT2D eigenvalue weighted by Gasteiger charge is -2.11. The Morgan fingerprint density at radius 3 is 2.50 bits per heavy atom. The Hall–Kier alpha value is -3.48. The predicted octanol–water partition coefficient (Wildman–Crippen LogP) is 3.47. The zero-order valence-corrected chi connectivity index (χ0v) is 17.2. The number of amides is 1. The predicted molar refractivity (Wildman–Crippen MR) is 115 cm³/mol. The van der Waals surface area contributed by atoms with Gasteiger partial charge in [0.1, 0.15) is 12.4 Å². The van der Waals surface area contributed by atoms with Crippen molar-refractivity contribution in [1.29, 1.82) is 0 Å². The van der Waals surface area contributed by atoms with Crippen molar-refractivity contribution in [2.24, 2.45) is 10.7 Å². The van der Waals surface area contributed by atoms with E-state index in [0.717, 1.165) is 11.6 Å². The van der Waals surface area contributed by atoms with Crippen LogP contribution in [-0.2, 0) is 16.1 Å². The van der Waals surface area contributed by atoms with Crippen LogP contribution in [0.4, 0.5) is 4.39 Å². The van der Waals surface area contributed by atoms with E-state index in [-0.39, 0.29) is 25.1 Å². The molecule has 7 heteroatoms. The lowest BCUT2D eigenvalue weighted by molar-refractivity contribution is -0.144. The number of esters is 1. The third-order valence-electron chi connectivity index (χ3n) is 4.41. The molecule has 0 heterocycles. The lowest BCUT2D eigenvalue weighted by Crippen LogP contribution is -2.26. The minimum atomic E-state index is -0.564. The average Bonchev–Trinajstić information content (AvgIpc) is 2.76. The number of rotatable bonds is 9. The number of aliphatic imine (C=N–C) groups is 1. The van der Waals surface area contributed by atoms with E-state index in [1.165, 1.54) is 12.3 Å². The molecule has 0 unspecified atom stereocenters. The van der Waals surface area contributed by atoms with E-state index in [0.29, 0.717) is 23.3 Å². The van der Waals surface area contributed by atoms with Crippen LogP contribution in [0.1, 0.15) is 41.3 Å². The molecule has 0 radical (unpaired) electrons. The summed E-state index contributed by atoms with van der Waals surface area (Å²) in [7, 11) is 1.63. The first-order chi connectivity index (χ1) is 14.5. The zero-order chi connectivity index (χ0) is 21.9. The van der Waals surface area contributed by atoms with E-state index in [4.69, 9.17) is 10.5 Å². The maximum atomic E-state index is 14.1. The normalized spacial score (nSPS) is 11.8. The van der Waals surface area contributed by atoms with Gasteiger partial charge in [0.05, 0.1) is 6.42 Å². The number of nitrogens with zero attached hydrogens (tertiary/aromatic N) is 1. The Morgan fingerprint density at radius 1 is 1.17 bits per heavy atom. The molecule has 0 saturated heterocycles. The molecule has 3 N–H and O–H groups in total. The molecular weight excluding hydrogens is 385 g/mol. The molecule has 0 spiro atoms. The van der Waals surface area contributed by atoms with Crippen molar-refractivity contribution in [3.8, 4) is 0 Å². The number of benzene rings is 2. The van der Waals surface area contributed by atoms with E-state index < -0.39 is 17.7 Å². The summed E-state index contributed by atoms with van der Waals surface area (Å²) in [5, 5.41) is 2.61. The summed E-state index contributed by atoms with van der Waals surface area (Å²) in [6, 6.07) is 13.3. The van der Waals surface area contributed by atoms with Crippen LogP contribution < -0.4 is 11.1 Å². The summed E-state index contributed by atoms with van der Waals surface area (Å²) in [5.74, 6) is -1.49. The Kier molecular flexibility index (Phi) is 8.75. The molecular formula is C23H26FN3O3. The standard InChI is InChI=1S/C23H26FN3O3/c1-3-21(26-2)20(14-25)17-11-18(13-19(24)12-17)23(29)27-10-9-22(28)30-15-16-7-5-4-6-8-16/h4-8,11-14H,3,9-10,15,25H2,1-2H3,(H,27,29). The van der Waals surface area contributed by atoms with Gasteiger partial charge in [0.25, 0.3) is 5.91 Å². The van der Waals surface area contributed by atoms with Gasteiger partial charge >= 0.3 is 5.97 Å². The van der Waals surface area contributed by atoms with Crippen molar-refractivity contribution in [1.82, 2.24) is 5.32 Å². The number of carbonyl (C=O) groups excluding carboxylic acids is 2. The number of allylic oxidation sites excluding steroid dienone is 1. The molecule has 158 valence electrons. The molecule has 2 aromatic carbocycles. The maximum absolute atomic E-state index is 14.1. The first-order valence-electron chi connectivity index (χ1n) is 9.65. The molecule has 0 atom stereocenters. The van der Waals surface area contributed by atoms with E-state index in [2.05, 4.69) is 10.3 Å². The van der Waals surface area contributed by atoms with E-state index in [1.54, 1.807) is 13.1 Å². The minimum Gasteiger partial charge on any atom is -0.461 e. The molecule has 0 fully saturated rings. The summed E-state index contributed by atoms with van der Waals surface area (Å²) < 4.78 is 19.3. The Balaban J connectivity index is 1.95. The van der Waals surface area contributed by atoms with Crippen LogP contribution in [0, 0.1) is 5.82 Å². The fraction of sp³-hybridized carbons (Fsp3) is 0.261. The number of ether oxygens (including phenoxy) is 1. The average molecular weight is 411 g/mol. The molecule has 0 aromatic heterocycles. The molecule has 0 aliphatic rings. The summed E-state index contributed by atoms with van der Waals surface area (Å²) in [6.45, 7) is 2.16. The highest BCUT2D eigenvalue weighted by molar-refractivity contribution is 6.23. The molecule has 0 saturated carbocycles. The summed E-state index contributed by atoms with van der Waals surface area (Å²) >= 11 is 0. The van der Waals surface area contributed by atoms with Crippen LogP contribution in [0.2, 0.25) is 0 Å². The van der Waals surface area contributed by atoms with Crippen molar-refractivity contribution in [3.05, 3.63) is 77.2 Å². The molecule has 0 aliphatic heterocycles. The largest absolute Gasteiger partial charge is 0.461 e. The van der Waals surface area contributed by atoms with Crippen molar-refractivity contribution in [2.45, 2.75) is 26.4 Å². The van der Waals surface area contributed by atoms with E-state index in [9.17, 15) is 14.0 Å². The fourth-order valence-electron chi connectivity index (χ4n) is 2.89. The zero-order valence-electron chi connectivity index (χ0n) is 17.2. The van der Waals surface area contributed by atoms with Crippen LogP contribution >= 0.6 is 0 Å². The minimum absolute atomic E-state index is 0.0111. The molecule has 1 amide bonds. The second-order valence-electron chi connectivity index (χ2n) is 6.48. The first-order valence-corrected chi connectivity index (χ1v) is 9.65. The third kappa shape index (κ3) is 6.55. The molecule has 2 rings (SSSR count). The Labute approximate surface area is 175 Å². The van der Waals surface area contributed by atoms with Gasteiger partial charge in [-0.25, -0.2) is 4.39 Å². The fourth-order valence-corrected chi connectivity index (χ4v) is 2.89. The van der Waals surface area contributed by atoms with Crippen molar-refractivity contribution < 1.29 is 18.7 Å². The van der Waals surface area contributed by atoms with E-state index in [1.807, 2.05) is 37.3 Å². The second kappa shape index (κ2) is 11.5. The van der Waals surface area contributed by atoms with E-state index >= 15 is 0 Å². The van der Waals surface area contributed by atoms with Crippen molar-refractivity contribution in [2.75, 3.05) is 13.6 Å². The van der Waals surface area contributed by atoms with Gasteiger partial charge in [0, 0.05) is 36.6 Å². The van der Waals surface area contributed by atoms with Crippen LogP contribution in [0.15, 0.2) is 59.7 Å². The van der Waals surface area contributed by atoms with Gasteiger partial charge in [-0.2, -0.15) is 0 Å². The quantitative estimate of drug-likeness (QED) is 0.488. The van der Waals surface area contributed by atoms with Crippen LogP contribution in [-0.4, -0.2) is 31.2 Å². The molecule has 0 aliphatic carbocycles. The molecule has 6 nitrogen and oxygen atoms in total. The number of hydrogen-bond donors (Lipinski definition) is 2. The Morgan fingerprint density at radius 2 is 1.87 bits per heavy atom. The highest BCUT2D eigenvalue weighted by Gasteiger charge is 2.14. The molecule has 2 aromatic rings. The smallest absolute Gasteiger partial charge is 0.307 e. The van der Waals surface area contributed by atoms with Crippen LogP contribution in [0.5, 0.6) is 0 Å². The van der Waals surface area contributed by atoms with Gasteiger partial charge in [-0.3, -0.25) is 14.6 Å². The van der Waals surface area contributed by atoms with Crippen molar-refractivity contribution in [3.63, 3.8) is 0 Å². The maximum Gasteiger partial charge on any atom is 0.307 e. The Bertz CT molecular complexity index is 940. The first kappa shape index (κ1) is 22.8. The summed E-state index contributed by atoms with van der Waals surface area (Å²) in [6.07, 6.45) is 1.98. The van der Waals surface area contributed by atoms with Gasteiger partial charge in [-0.1, -0.05) is 37.3 Å². The molecule has 30 heavy (non-hydrogen) atoms. The second-order valence-corrected chi connectivity index (χ2v) is 6.48. The van der Waals surface area contributed by atoms with Gasteiger partial charge < -0.3 is 15.8 Å². The summed E-state index contributed by atoms with van der Waals surface area (Å²) in [5.41, 5.74) is 8.45. The highest BCUT2D eigenvalue weighted by atomic mass is 19.1. The monoisotopic (exact) mass is 411 g/mol. The van der Waals surface area contributed by atoms with Crippen LogP contribution in [0.3, 0.4) is 0 Å². The van der Waals surface area contributed by atoms with Crippen molar-refractivity contribution >= 4 is 23.2 Å². The van der Waals surface area contributed by atoms with Crippen LogP contribution in [0.25, 0.3) is 5.57 Å². The number of halogens is 1. The topological polar surface area (TPSA) is 93.8 Å². The van der Waals surface area contributed by atoms with Gasteiger partial charge in [-0.15, -0.1) is 0 Å². The summed E-state index contributed by atoms with van der Waals surface area (Å²) in [4.78, 5) is 28.4. The molecule has 0 bridgehead atoms. The SMILES string of the molecule is CCC(=NC)C(=CN)c1cc(F)cc(C(=O)NCCC(=O)OCc2ccccc2)c1. The lowest BCUT2D eigenvalue weighted by atomic mass is 9.98. The van der Waals surface area contributed by atoms with Gasteiger partial charge in [0.2, 0.25) is 0 Å². The number of nitrogens with two attached hydrogens (primary N) is 1. The van der Waals surface area contributed by atoms with Gasteiger partial charge in [-0.05, 0) is 35.7 Å². The highest BCUT2D eigenvalue weighted by Crippen LogP contribution is 2.20. The van der Waals surface area contributed by atoms with Gasteiger partial charge in [0.15, 0.2) is 0 Å². The third-order valence-corrected chi connectivity index (χ3v) is 4.41. The number of nitrogens with one attached hydrogen (secondary N) is 1.